The van der Waals surface area contributed by atoms with E-state index in [9.17, 15) is 8.78 Å². The monoisotopic (exact) mass is 364 g/mol. The van der Waals surface area contributed by atoms with E-state index >= 15 is 0 Å². The molecule has 2 heterocycles. The van der Waals surface area contributed by atoms with Crippen LogP contribution in [-0.4, -0.2) is 50.1 Å². The minimum Gasteiger partial charge on any atom is -0.371 e. The highest BCUT2D eigenvalue weighted by atomic mass is 19.2. The Morgan fingerprint density at radius 3 is 2.62 bits per heavy atom. The molecule has 2 fully saturated rings. The van der Waals surface area contributed by atoms with Crippen LogP contribution >= 0.6 is 0 Å². The van der Waals surface area contributed by atoms with Crippen LogP contribution < -0.4 is 10.2 Å². The fraction of sp³-hybridized carbons (Fsp3) is 0.650. The van der Waals surface area contributed by atoms with Gasteiger partial charge in [0.25, 0.3) is 0 Å². The first-order chi connectivity index (χ1) is 12.6. The Balaban J connectivity index is 1.57. The van der Waals surface area contributed by atoms with Gasteiger partial charge in [0.2, 0.25) is 0 Å². The van der Waals surface area contributed by atoms with Gasteiger partial charge in [0.15, 0.2) is 17.6 Å². The van der Waals surface area contributed by atoms with Crippen LogP contribution in [0, 0.1) is 23.5 Å². The Bertz CT molecular complexity index is 626. The zero-order chi connectivity index (χ0) is 18.5. The Labute approximate surface area is 155 Å². The van der Waals surface area contributed by atoms with Gasteiger partial charge < -0.3 is 15.1 Å². The van der Waals surface area contributed by atoms with Crippen LogP contribution in [0.2, 0.25) is 0 Å². The van der Waals surface area contributed by atoms with E-state index in [-0.39, 0.29) is 0 Å². The molecule has 1 aromatic carbocycles. The Kier molecular flexibility index (Phi) is 6.33. The summed E-state index contributed by atoms with van der Waals surface area (Å²) in [6.07, 6.45) is 3.47. The first-order valence-corrected chi connectivity index (χ1v) is 9.80. The number of hydrogen-bond donors (Lipinski definition) is 1. The van der Waals surface area contributed by atoms with Gasteiger partial charge in [0, 0.05) is 51.0 Å². The van der Waals surface area contributed by atoms with Crippen molar-refractivity contribution in [3.63, 3.8) is 0 Å². The molecule has 26 heavy (non-hydrogen) atoms. The summed E-state index contributed by atoms with van der Waals surface area (Å²) in [4.78, 5) is 9.36. The van der Waals surface area contributed by atoms with Crippen molar-refractivity contribution in [2.24, 2.45) is 16.8 Å². The van der Waals surface area contributed by atoms with E-state index in [1.807, 2.05) is 0 Å². The highest BCUT2D eigenvalue weighted by Crippen LogP contribution is 2.25. The zero-order valence-electron chi connectivity index (χ0n) is 15.8. The number of likely N-dealkylation sites (tertiary alicyclic amines) is 1. The second kappa shape index (κ2) is 8.69. The third-order valence-electron chi connectivity index (χ3n) is 5.47. The molecule has 0 bridgehead atoms. The predicted octanol–water partition coefficient (Wildman–Crippen LogP) is 3.49. The minimum atomic E-state index is -0.791. The molecule has 0 radical (unpaired) electrons. The van der Waals surface area contributed by atoms with E-state index in [0.717, 1.165) is 63.3 Å². The molecule has 0 amide bonds. The third-order valence-corrected chi connectivity index (χ3v) is 5.47. The average molecular weight is 364 g/mol. The molecule has 2 aliphatic rings. The summed E-state index contributed by atoms with van der Waals surface area (Å²) >= 11 is 0. The van der Waals surface area contributed by atoms with Gasteiger partial charge in [0.05, 0.1) is 0 Å². The number of nitrogens with zero attached hydrogens (tertiary/aromatic N) is 3. The SMILES string of the molecule is CCNC(=NCC1CCN(c2ccc(F)c(F)c2)C1)N1CCC(C)CC1. The molecule has 0 aliphatic carbocycles. The molecule has 1 aromatic rings. The van der Waals surface area contributed by atoms with Crippen LogP contribution in [0.15, 0.2) is 23.2 Å². The first kappa shape index (κ1) is 18.9. The number of hydrogen-bond acceptors (Lipinski definition) is 2. The van der Waals surface area contributed by atoms with E-state index < -0.39 is 11.6 Å². The van der Waals surface area contributed by atoms with Crippen LogP contribution in [0.25, 0.3) is 0 Å². The van der Waals surface area contributed by atoms with Gasteiger partial charge in [-0.3, -0.25) is 4.99 Å². The second-order valence-electron chi connectivity index (χ2n) is 7.56. The number of rotatable bonds is 4. The van der Waals surface area contributed by atoms with Crippen LogP contribution in [0.5, 0.6) is 0 Å². The van der Waals surface area contributed by atoms with Gasteiger partial charge in [-0.1, -0.05) is 6.92 Å². The number of aliphatic imine (C=N–C) groups is 1. The number of halogens is 2. The molecule has 4 nitrogen and oxygen atoms in total. The van der Waals surface area contributed by atoms with E-state index in [2.05, 4.69) is 29.0 Å². The molecule has 1 unspecified atom stereocenters. The van der Waals surface area contributed by atoms with Gasteiger partial charge in [-0.25, -0.2) is 8.78 Å². The highest BCUT2D eigenvalue weighted by molar-refractivity contribution is 5.80. The molecule has 3 rings (SSSR count). The van der Waals surface area contributed by atoms with Crippen LogP contribution in [0.4, 0.5) is 14.5 Å². The van der Waals surface area contributed by atoms with Gasteiger partial charge in [-0.2, -0.15) is 0 Å². The predicted molar refractivity (Wildman–Crippen MR) is 103 cm³/mol. The molecule has 1 atom stereocenters. The van der Waals surface area contributed by atoms with Crippen LogP contribution in [-0.2, 0) is 0 Å². The number of nitrogens with one attached hydrogen (secondary N) is 1. The molecule has 1 N–H and O–H groups in total. The van der Waals surface area contributed by atoms with Crippen molar-refractivity contribution in [2.45, 2.75) is 33.1 Å². The lowest BCUT2D eigenvalue weighted by molar-refractivity contribution is 0.273. The van der Waals surface area contributed by atoms with Crippen molar-refractivity contribution in [3.05, 3.63) is 29.8 Å². The van der Waals surface area contributed by atoms with Gasteiger partial charge >= 0.3 is 0 Å². The quantitative estimate of drug-likeness (QED) is 0.655. The number of piperidine rings is 1. The third kappa shape index (κ3) is 4.65. The fourth-order valence-electron chi connectivity index (χ4n) is 3.76. The van der Waals surface area contributed by atoms with Gasteiger partial charge in [-0.15, -0.1) is 0 Å². The van der Waals surface area contributed by atoms with Crippen LogP contribution in [0.3, 0.4) is 0 Å². The van der Waals surface area contributed by atoms with E-state index in [0.29, 0.717) is 5.92 Å². The topological polar surface area (TPSA) is 30.9 Å². The molecule has 0 aromatic heterocycles. The van der Waals surface area contributed by atoms with E-state index in [1.165, 1.54) is 25.0 Å². The largest absolute Gasteiger partial charge is 0.371 e. The summed E-state index contributed by atoms with van der Waals surface area (Å²) in [5.74, 6) is 0.692. The summed E-state index contributed by atoms with van der Waals surface area (Å²) in [5, 5.41) is 3.42. The average Bonchev–Trinajstić information content (AvgIpc) is 3.11. The lowest BCUT2D eigenvalue weighted by atomic mass is 9.99. The lowest BCUT2D eigenvalue weighted by Gasteiger charge is -2.33. The molecule has 0 saturated carbocycles. The highest BCUT2D eigenvalue weighted by Gasteiger charge is 2.24. The number of benzene rings is 1. The maximum atomic E-state index is 13.5. The fourth-order valence-corrected chi connectivity index (χ4v) is 3.76. The maximum Gasteiger partial charge on any atom is 0.193 e. The van der Waals surface area contributed by atoms with E-state index in [1.54, 1.807) is 6.07 Å². The molecule has 0 spiro atoms. The van der Waals surface area contributed by atoms with E-state index in [4.69, 9.17) is 4.99 Å². The molecular formula is C20H30F2N4. The van der Waals surface area contributed by atoms with Crippen molar-refractivity contribution in [3.8, 4) is 0 Å². The van der Waals surface area contributed by atoms with Gasteiger partial charge in [-0.05, 0) is 50.2 Å². The maximum absolute atomic E-state index is 13.5. The molecule has 2 saturated heterocycles. The van der Waals surface area contributed by atoms with Crippen LogP contribution in [0.1, 0.15) is 33.1 Å². The first-order valence-electron chi connectivity index (χ1n) is 9.80. The van der Waals surface area contributed by atoms with Crippen molar-refractivity contribution in [1.29, 1.82) is 0 Å². The Hall–Kier alpha value is -1.85. The minimum absolute atomic E-state index is 0.445. The zero-order valence-corrected chi connectivity index (χ0v) is 15.8. The normalized spacial score (nSPS) is 22.2. The van der Waals surface area contributed by atoms with Crippen molar-refractivity contribution in [2.75, 3.05) is 44.2 Å². The smallest absolute Gasteiger partial charge is 0.193 e. The number of anilines is 1. The summed E-state index contributed by atoms with van der Waals surface area (Å²) < 4.78 is 26.6. The molecular weight excluding hydrogens is 334 g/mol. The Morgan fingerprint density at radius 1 is 1.15 bits per heavy atom. The molecule has 6 heteroatoms. The standard InChI is InChI=1S/C20H30F2N4/c1-3-23-20(25-9-6-15(2)7-10-25)24-13-16-8-11-26(14-16)17-4-5-18(21)19(22)12-17/h4-5,12,15-16H,3,6-11,13-14H2,1-2H3,(H,23,24). The van der Waals surface area contributed by atoms with Crippen molar-refractivity contribution < 1.29 is 8.78 Å². The molecule has 2 aliphatic heterocycles. The Morgan fingerprint density at radius 2 is 1.92 bits per heavy atom. The second-order valence-corrected chi connectivity index (χ2v) is 7.56. The summed E-state index contributed by atoms with van der Waals surface area (Å²) in [5.41, 5.74) is 0.757. The van der Waals surface area contributed by atoms with Crippen molar-refractivity contribution >= 4 is 11.6 Å². The lowest BCUT2D eigenvalue weighted by Crippen LogP contribution is -2.45. The summed E-state index contributed by atoms with van der Waals surface area (Å²) in [6, 6.07) is 4.15. The van der Waals surface area contributed by atoms with Crippen molar-refractivity contribution in [1.82, 2.24) is 10.2 Å². The van der Waals surface area contributed by atoms with Gasteiger partial charge in [0.1, 0.15) is 0 Å². The number of guanidine groups is 1. The molecule has 144 valence electrons. The summed E-state index contributed by atoms with van der Waals surface area (Å²) in [6.45, 7) is 9.89. The summed E-state index contributed by atoms with van der Waals surface area (Å²) in [7, 11) is 0.